The molecule has 0 spiro atoms. The van der Waals surface area contributed by atoms with Crippen molar-refractivity contribution in [2.24, 2.45) is 17.8 Å². The predicted molar refractivity (Wildman–Crippen MR) is 201 cm³/mol. The summed E-state index contributed by atoms with van der Waals surface area (Å²) in [5.41, 5.74) is 2.51. The largest absolute Gasteiger partial charge is 0.346 e. The molecule has 0 aromatic heterocycles. The number of thiol groups is 1. The zero-order valence-electron chi connectivity index (χ0n) is 29.4. The van der Waals surface area contributed by atoms with Gasteiger partial charge in [0.15, 0.2) is 5.78 Å². The van der Waals surface area contributed by atoms with Crippen molar-refractivity contribution < 1.29 is 28.8 Å². The third-order valence-electron chi connectivity index (χ3n) is 9.78. The molecule has 1 aromatic carbocycles. The Labute approximate surface area is 306 Å². The topological polar surface area (TPSA) is 154 Å². The third kappa shape index (κ3) is 13.0. The number of amides is 3. The van der Waals surface area contributed by atoms with Crippen LogP contribution in [0.15, 0.2) is 36.9 Å². The lowest BCUT2D eigenvalue weighted by molar-refractivity contribution is -0.137. The Bertz CT molecular complexity index is 1280. The van der Waals surface area contributed by atoms with Crippen LogP contribution < -0.4 is 20.7 Å². The summed E-state index contributed by atoms with van der Waals surface area (Å²) in [6, 6.07) is 7.10. The van der Waals surface area contributed by atoms with Crippen LogP contribution in [0, 0.1) is 17.8 Å². The van der Waals surface area contributed by atoms with Gasteiger partial charge in [-0.3, -0.25) is 19.3 Å². The van der Waals surface area contributed by atoms with E-state index in [2.05, 4.69) is 57.1 Å². The molecule has 3 amide bonds. The van der Waals surface area contributed by atoms with Gasteiger partial charge in [0, 0.05) is 12.5 Å². The first-order valence-corrected chi connectivity index (χ1v) is 19.4. The molecular formula is C37H55N5O6S2. The molecule has 1 aromatic rings. The highest BCUT2D eigenvalue weighted by atomic mass is 32.2. The zero-order chi connectivity index (χ0) is 36.5. The van der Waals surface area contributed by atoms with Crippen molar-refractivity contribution in [1.29, 1.82) is 0 Å². The Morgan fingerprint density at radius 3 is 2.10 bits per heavy atom. The van der Waals surface area contributed by atoms with E-state index in [-0.39, 0.29) is 35.6 Å². The normalized spacial score (nSPS) is 20.7. The number of fused-ring (bicyclic) bond motifs is 1. The molecule has 1 heterocycles. The zero-order valence-corrected chi connectivity index (χ0v) is 31.2. The first-order chi connectivity index (χ1) is 24.2. The Morgan fingerprint density at radius 1 is 0.960 bits per heavy atom. The summed E-state index contributed by atoms with van der Waals surface area (Å²) in [6.07, 6.45) is 14.6. The molecule has 4 unspecified atom stereocenters. The molecule has 4 aliphatic rings. The molecule has 1 saturated heterocycles. The molecule has 276 valence electrons. The standard InChI is InChI=1S/C23H30N2O3.C8H14N2O2S2.C6H11NO/c26-14-20(19-12-17-8-4-5-9-18(17)13-19)24-23(28)25-21(22(27)16-10-11-16)15-6-2-1-3-7-15;1-3-5-9-7(12)6(11)8(10-13)14-4-2;1-7-4-2-3-6(7)5-8/h4-5,8-9,14-16,19-21H,1-3,6-7,10-13H2,(H2,24,25,28);3,8,10,13H,1,4-5H2,2H3,(H,9,12);5-6H,2-4H2,1H3. The van der Waals surface area contributed by atoms with Crippen LogP contribution in [-0.4, -0.2) is 90.4 Å². The number of ketones is 2. The number of thioether (sulfide) groups is 1. The summed E-state index contributed by atoms with van der Waals surface area (Å²) in [5, 5.41) is 7.64. The number of rotatable bonds is 15. The van der Waals surface area contributed by atoms with Gasteiger partial charge in [-0.2, -0.15) is 0 Å². The molecule has 11 nitrogen and oxygen atoms in total. The molecule has 4 N–H and O–H groups in total. The Hall–Kier alpha value is -3.00. The average Bonchev–Trinajstić information content (AvgIpc) is 3.77. The van der Waals surface area contributed by atoms with Crippen molar-refractivity contribution >= 4 is 60.7 Å². The average molecular weight is 730 g/mol. The first kappa shape index (κ1) is 41.4. The summed E-state index contributed by atoms with van der Waals surface area (Å²) >= 11 is 5.11. The van der Waals surface area contributed by atoms with Gasteiger partial charge >= 0.3 is 6.03 Å². The van der Waals surface area contributed by atoms with Crippen LogP contribution in [0.25, 0.3) is 0 Å². The summed E-state index contributed by atoms with van der Waals surface area (Å²) in [4.78, 5) is 72.0. The fourth-order valence-electron chi connectivity index (χ4n) is 6.77. The highest BCUT2D eigenvalue weighted by Gasteiger charge is 2.40. The minimum absolute atomic E-state index is 0.0768. The van der Waals surface area contributed by atoms with E-state index in [0.717, 1.165) is 82.7 Å². The molecule has 0 radical (unpaired) electrons. The van der Waals surface area contributed by atoms with E-state index < -0.39 is 29.1 Å². The maximum absolute atomic E-state index is 12.8. The lowest BCUT2D eigenvalue weighted by Crippen LogP contribution is -2.54. The number of urea groups is 1. The van der Waals surface area contributed by atoms with Crippen molar-refractivity contribution in [3.05, 3.63) is 48.0 Å². The van der Waals surface area contributed by atoms with Gasteiger partial charge in [0.25, 0.3) is 5.91 Å². The number of carbonyl (C=O) groups is 6. The van der Waals surface area contributed by atoms with Crippen LogP contribution in [0.5, 0.6) is 0 Å². The van der Waals surface area contributed by atoms with Crippen LogP contribution >= 0.6 is 24.6 Å². The molecule has 0 bridgehead atoms. The fourth-order valence-corrected chi connectivity index (χ4v) is 7.78. The molecule has 13 heteroatoms. The third-order valence-corrected chi connectivity index (χ3v) is 11.2. The van der Waals surface area contributed by atoms with Gasteiger partial charge < -0.3 is 25.5 Å². The Kier molecular flexibility index (Phi) is 18.3. The number of hydrogen-bond acceptors (Lipinski definition) is 10. The van der Waals surface area contributed by atoms with E-state index in [4.69, 9.17) is 0 Å². The van der Waals surface area contributed by atoms with E-state index in [1.165, 1.54) is 41.8 Å². The van der Waals surface area contributed by atoms with E-state index in [0.29, 0.717) is 6.54 Å². The van der Waals surface area contributed by atoms with Crippen molar-refractivity contribution in [2.75, 3.05) is 25.9 Å². The second-order valence-electron chi connectivity index (χ2n) is 13.4. The van der Waals surface area contributed by atoms with Crippen LogP contribution in [0.3, 0.4) is 0 Å². The number of Topliss-reactive ketones (excluding diaryl/α,β-unsaturated/α-hetero) is 2. The quantitative estimate of drug-likeness (QED) is 0.0596. The molecule has 50 heavy (non-hydrogen) atoms. The Morgan fingerprint density at radius 2 is 1.62 bits per heavy atom. The van der Waals surface area contributed by atoms with Crippen LogP contribution in [0.1, 0.15) is 75.8 Å². The van der Waals surface area contributed by atoms with Gasteiger partial charge in [-0.15, -0.1) is 18.3 Å². The molecule has 4 atom stereocenters. The lowest BCUT2D eigenvalue weighted by atomic mass is 9.81. The van der Waals surface area contributed by atoms with Gasteiger partial charge in [0.2, 0.25) is 5.78 Å². The first-order valence-electron chi connectivity index (χ1n) is 17.9. The maximum Gasteiger partial charge on any atom is 0.315 e. The fraction of sp³-hybridized carbons (Fsp3) is 0.622. The van der Waals surface area contributed by atoms with E-state index >= 15 is 0 Å². The molecule has 3 aliphatic carbocycles. The molecule has 2 saturated carbocycles. The van der Waals surface area contributed by atoms with Crippen LogP contribution in [0.2, 0.25) is 0 Å². The van der Waals surface area contributed by atoms with Crippen molar-refractivity contribution in [2.45, 2.75) is 101 Å². The van der Waals surface area contributed by atoms with Gasteiger partial charge in [-0.1, -0.05) is 69.3 Å². The number of nitrogens with one attached hydrogen (secondary N) is 4. The van der Waals surface area contributed by atoms with E-state index in [9.17, 15) is 28.8 Å². The number of nitrogens with zero attached hydrogens (tertiary/aromatic N) is 1. The number of hydrogen-bond donors (Lipinski definition) is 5. The summed E-state index contributed by atoms with van der Waals surface area (Å²) < 4.78 is 2.48. The van der Waals surface area contributed by atoms with Crippen molar-refractivity contribution in [1.82, 2.24) is 25.6 Å². The van der Waals surface area contributed by atoms with Crippen LogP contribution in [0.4, 0.5) is 4.79 Å². The van der Waals surface area contributed by atoms with Gasteiger partial charge in [0.05, 0.1) is 18.1 Å². The number of benzene rings is 1. The van der Waals surface area contributed by atoms with E-state index in [1.54, 1.807) is 0 Å². The molecular weight excluding hydrogens is 675 g/mol. The monoisotopic (exact) mass is 729 g/mol. The second-order valence-corrected chi connectivity index (χ2v) is 15.1. The second kappa shape index (κ2) is 22.0. The summed E-state index contributed by atoms with van der Waals surface area (Å²) in [6.45, 7) is 6.71. The summed E-state index contributed by atoms with van der Waals surface area (Å²) in [5.74, 6) is 0.229. The molecule has 5 rings (SSSR count). The number of carbonyl (C=O) groups excluding carboxylic acids is 6. The summed E-state index contributed by atoms with van der Waals surface area (Å²) in [7, 11) is 1.99. The van der Waals surface area contributed by atoms with Gasteiger partial charge in [0.1, 0.15) is 17.9 Å². The Balaban J connectivity index is 0.000000255. The highest BCUT2D eigenvalue weighted by molar-refractivity contribution is 8.01. The number of likely N-dealkylation sites (tertiary alicyclic amines) is 1. The SMILES string of the molecule is C=CCNC(=O)C(=O)C(NS)SCC.CN1CCCC1C=O.O=CC(NC(=O)NC(C(=O)C1CC1)C1CCCCC1)C1Cc2ccccc2C1. The lowest BCUT2D eigenvalue weighted by Gasteiger charge is -2.31. The van der Waals surface area contributed by atoms with Crippen LogP contribution in [-0.2, 0) is 36.8 Å². The number of aldehydes is 2. The smallest absolute Gasteiger partial charge is 0.315 e. The van der Waals surface area contributed by atoms with Crippen molar-refractivity contribution in [3.63, 3.8) is 0 Å². The highest BCUT2D eigenvalue weighted by Crippen LogP contribution is 2.35. The van der Waals surface area contributed by atoms with E-state index in [1.807, 2.05) is 26.1 Å². The minimum Gasteiger partial charge on any atom is -0.346 e. The molecule has 1 aliphatic heterocycles. The number of likely N-dealkylation sites (N-methyl/N-ethyl adjacent to an activating group) is 1. The predicted octanol–water partition coefficient (Wildman–Crippen LogP) is 3.85. The van der Waals surface area contributed by atoms with Gasteiger partial charge in [-0.05, 0) is 93.7 Å². The molecule has 3 fully saturated rings. The maximum atomic E-state index is 12.8. The minimum atomic E-state index is -0.614. The van der Waals surface area contributed by atoms with Crippen molar-refractivity contribution in [3.8, 4) is 0 Å². The van der Waals surface area contributed by atoms with Gasteiger partial charge in [-0.25, -0.2) is 9.52 Å².